The molecule has 0 saturated carbocycles. The van der Waals surface area contributed by atoms with Gasteiger partial charge in [-0.05, 0) is 56.8 Å². The van der Waals surface area contributed by atoms with E-state index in [2.05, 4.69) is 80.5 Å². The minimum Gasteiger partial charge on any atom is -0.103 e. The summed E-state index contributed by atoms with van der Waals surface area (Å²) in [5, 5.41) is 0. The number of rotatable bonds is 16. The van der Waals surface area contributed by atoms with Crippen molar-refractivity contribution in [2.75, 3.05) is 0 Å². The molecule has 0 rings (SSSR count). The van der Waals surface area contributed by atoms with Gasteiger partial charge in [0.15, 0.2) is 0 Å². The van der Waals surface area contributed by atoms with Crippen molar-refractivity contribution in [2.45, 2.75) is 119 Å². The molecule has 0 heteroatoms. The topological polar surface area (TPSA) is 0 Å². The van der Waals surface area contributed by atoms with Crippen LogP contribution in [0, 0.1) is 11.8 Å². The zero-order chi connectivity index (χ0) is 25.5. The number of hydrogen-bond acceptors (Lipinski definition) is 0. The van der Waals surface area contributed by atoms with E-state index < -0.39 is 0 Å². The third-order valence-corrected chi connectivity index (χ3v) is 4.85. The lowest BCUT2D eigenvalue weighted by molar-refractivity contribution is 0.598. The van der Waals surface area contributed by atoms with Crippen molar-refractivity contribution in [3.63, 3.8) is 0 Å². The van der Waals surface area contributed by atoms with Gasteiger partial charge in [0, 0.05) is 0 Å². The molecular formula is C32H60. The average Bonchev–Trinajstić information content (AvgIpc) is 2.79. The molecule has 0 N–H and O–H groups in total. The van der Waals surface area contributed by atoms with Crippen molar-refractivity contribution in [3.05, 3.63) is 74.9 Å². The van der Waals surface area contributed by atoms with Gasteiger partial charge in [-0.3, -0.25) is 0 Å². The molecule has 32 heavy (non-hydrogen) atoms. The van der Waals surface area contributed by atoms with Crippen LogP contribution in [0.1, 0.15) is 119 Å². The number of hydrogen-bond donors (Lipinski definition) is 0. The Hall–Kier alpha value is -1.56. The summed E-state index contributed by atoms with van der Waals surface area (Å²) >= 11 is 0. The first kappa shape index (κ1) is 37.7. The van der Waals surface area contributed by atoms with E-state index in [-0.39, 0.29) is 0 Å². The second-order valence-electron chi connectivity index (χ2n) is 8.32. The van der Waals surface area contributed by atoms with Gasteiger partial charge in [0.05, 0.1) is 0 Å². The zero-order valence-corrected chi connectivity index (χ0v) is 23.1. The van der Waals surface area contributed by atoms with Crippen LogP contribution in [0.5, 0.6) is 0 Å². The predicted molar refractivity (Wildman–Crippen MR) is 155 cm³/mol. The molecule has 0 amide bonds. The molecular weight excluding hydrogens is 384 g/mol. The van der Waals surface area contributed by atoms with E-state index in [0.29, 0.717) is 11.8 Å². The largest absolute Gasteiger partial charge is 0.103 e. The summed E-state index contributed by atoms with van der Waals surface area (Å²) in [6, 6.07) is 0. The Morgan fingerprint density at radius 1 is 0.656 bits per heavy atom. The van der Waals surface area contributed by atoms with Crippen LogP contribution in [0.4, 0.5) is 0 Å². The first-order valence-electron chi connectivity index (χ1n) is 13.1. The van der Waals surface area contributed by atoms with E-state index in [1.807, 2.05) is 30.4 Å². The summed E-state index contributed by atoms with van der Waals surface area (Å²) in [5.74, 6) is 1.22. The molecule has 0 bridgehead atoms. The Balaban J connectivity index is -0.000000182. The van der Waals surface area contributed by atoms with Crippen LogP contribution in [0.25, 0.3) is 0 Å². The van der Waals surface area contributed by atoms with Gasteiger partial charge in [0.2, 0.25) is 0 Å². The lowest BCUT2D eigenvalue weighted by Gasteiger charge is -2.17. The summed E-state index contributed by atoms with van der Waals surface area (Å²) < 4.78 is 0. The van der Waals surface area contributed by atoms with E-state index in [4.69, 9.17) is 0 Å². The highest BCUT2D eigenvalue weighted by atomic mass is 14.1. The molecule has 0 aromatic carbocycles. The van der Waals surface area contributed by atoms with Crippen molar-refractivity contribution < 1.29 is 0 Å². The van der Waals surface area contributed by atoms with Gasteiger partial charge in [-0.15, -0.1) is 32.9 Å². The minimum atomic E-state index is 0.583. The fourth-order valence-electron chi connectivity index (χ4n) is 2.70. The van der Waals surface area contributed by atoms with Crippen LogP contribution < -0.4 is 0 Å². The fourth-order valence-corrected chi connectivity index (χ4v) is 2.70. The molecule has 0 saturated heterocycles. The highest BCUT2D eigenvalue weighted by Gasteiger charge is 2.09. The lowest BCUT2D eigenvalue weighted by atomic mass is 9.89. The van der Waals surface area contributed by atoms with Gasteiger partial charge in [-0.1, -0.05) is 116 Å². The Labute approximate surface area is 205 Å². The Bertz CT molecular complexity index is 423. The van der Waals surface area contributed by atoms with Gasteiger partial charge < -0.3 is 0 Å². The maximum absolute atomic E-state index is 3.83. The van der Waals surface area contributed by atoms with E-state index in [0.717, 1.165) is 25.7 Å². The van der Waals surface area contributed by atoms with Crippen molar-refractivity contribution in [2.24, 2.45) is 11.8 Å². The number of allylic oxidation sites excluding steroid dienone is 7. The molecule has 2 atom stereocenters. The van der Waals surface area contributed by atoms with Crippen LogP contribution in [0.15, 0.2) is 74.9 Å². The van der Waals surface area contributed by atoms with E-state index >= 15 is 0 Å². The third kappa shape index (κ3) is 39.0. The van der Waals surface area contributed by atoms with Crippen LogP contribution >= 0.6 is 0 Å². The zero-order valence-electron chi connectivity index (χ0n) is 23.1. The first-order valence-corrected chi connectivity index (χ1v) is 13.1. The lowest BCUT2D eigenvalue weighted by Crippen LogP contribution is -2.02. The molecule has 0 aromatic heterocycles. The molecule has 0 aliphatic rings. The van der Waals surface area contributed by atoms with Crippen LogP contribution in [-0.2, 0) is 0 Å². The molecule has 0 aromatic rings. The van der Waals surface area contributed by atoms with E-state index in [1.165, 1.54) is 51.4 Å². The van der Waals surface area contributed by atoms with Crippen LogP contribution in [-0.4, -0.2) is 0 Å². The molecule has 0 heterocycles. The summed E-state index contributed by atoms with van der Waals surface area (Å²) in [6.07, 6.45) is 26.9. The van der Waals surface area contributed by atoms with Gasteiger partial charge in [0.1, 0.15) is 0 Å². The van der Waals surface area contributed by atoms with Crippen molar-refractivity contribution in [1.29, 1.82) is 0 Å². The molecule has 0 nitrogen and oxygen atoms in total. The summed E-state index contributed by atoms with van der Waals surface area (Å²) in [5.41, 5.74) is 1.56. The Morgan fingerprint density at radius 2 is 1.19 bits per heavy atom. The summed E-state index contributed by atoms with van der Waals surface area (Å²) in [6.45, 7) is 31.6. The maximum Gasteiger partial charge on any atom is -0.0197 e. The van der Waals surface area contributed by atoms with Gasteiger partial charge in [-0.2, -0.15) is 0 Å². The first-order chi connectivity index (χ1) is 15.4. The highest BCUT2D eigenvalue weighted by molar-refractivity contribution is 5.09. The molecule has 0 radical (unpaired) electrons. The highest BCUT2D eigenvalue weighted by Crippen LogP contribution is 2.23. The Kier molecular flexibility index (Phi) is 43.4. The van der Waals surface area contributed by atoms with Crippen LogP contribution in [0.2, 0.25) is 0 Å². The monoisotopic (exact) mass is 444 g/mol. The SMILES string of the molecule is C=CCC(C)C(=CCC)CC(C)C=C.C=CCCC.C=CCCCC.C=CCCCCC. The Morgan fingerprint density at radius 3 is 1.50 bits per heavy atom. The molecule has 0 spiro atoms. The van der Waals surface area contributed by atoms with Crippen molar-refractivity contribution in [3.8, 4) is 0 Å². The van der Waals surface area contributed by atoms with Gasteiger partial charge in [0.25, 0.3) is 0 Å². The second-order valence-corrected chi connectivity index (χ2v) is 8.32. The predicted octanol–water partition coefficient (Wildman–Crippen LogP) is 11.8. The maximum atomic E-state index is 3.83. The van der Waals surface area contributed by atoms with Gasteiger partial charge >= 0.3 is 0 Å². The van der Waals surface area contributed by atoms with Crippen LogP contribution in [0.3, 0.4) is 0 Å². The quantitative estimate of drug-likeness (QED) is 0.164. The van der Waals surface area contributed by atoms with Crippen molar-refractivity contribution >= 4 is 0 Å². The molecule has 0 aliphatic heterocycles. The number of unbranched alkanes of at least 4 members (excludes halogenated alkanes) is 6. The average molecular weight is 445 g/mol. The smallest absolute Gasteiger partial charge is 0.0197 e. The summed E-state index contributed by atoms with van der Waals surface area (Å²) in [4.78, 5) is 0. The molecule has 2 unspecified atom stereocenters. The summed E-state index contributed by atoms with van der Waals surface area (Å²) in [7, 11) is 0. The molecule has 0 fully saturated rings. The third-order valence-electron chi connectivity index (χ3n) is 4.85. The molecule has 188 valence electrons. The minimum absolute atomic E-state index is 0.583. The normalized spacial score (nSPS) is 11.6. The van der Waals surface area contributed by atoms with E-state index in [1.54, 1.807) is 5.57 Å². The fraction of sp³-hybridized carbons (Fsp3) is 0.625. The second kappa shape index (κ2) is 36.8. The van der Waals surface area contributed by atoms with Crippen molar-refractivity contribution in [1.82, 2.24) is 0 Å². The van der Waals surface area contributed by atoms with Gasteiger partial charge in [-0.25, -0.2) is 0 Å². The molecule has 0 aliphatic carbocycles. The van der Waals surface area contributed by atoms with E-state index in [9.17, 15) is 0 Å². The standard InChI is InChI=1S/C14H24.C7H14.C6H12.C5H10/c1-6-9-13(5)14(10-7-2)11-12(4)8-3;1-3-5-7-6-4-2;1-3-5-6-4-2;1-3-5-4-2/h6,8,10,12-13H,1,3,7,9,11H2,2,4-5H3;3H,1,4-7H2,2H3;3H,1,4-6H2,2H3;3H,1,4-5H2,2H3.